The van der Waals surface area contributed by atoms with Crippen molar-refractivity contribution in [3.8, 4) is 0 Å². The Kier molecular flexibility index (Phi) is 6.79. The van der Waals surface area contributed by atoms with Crippen LogP contribution < -0.4 is 16.0 Å². The molecule has 3 aliphatic rings. The molecule has 3 heterocycles. The van der Waals surface area contributed by atoms with Gasteiger partial charge in [-0.3, -0.25) is 18.8 Å². The molecular formula is C25H28F4N8O2S. The lowest BCUT2D eigenvalue weighted by Gasteiger charge is -2.33. The molecule has 1 atom stereocenters. The molecule has 1 unspecified atom stereocenters. The predicted molar refractivity (Wildman–Crippen MR) is 138 cm³/mol. The predicted octanol–water partition coefficient (Wildman–Crippen LogP) is 4.61. The van der Waals surface area contributed by atoms with Gasteiger partial charge in [-0.25, -0.2) is 17.6 Å². The number of carbonyl (C=O) groups excluding carboxylic acids is 2. The van der Waals surface area contributed by atoms with Gasteiger partial charge in [0.25, 0.3) is 12.3 Å². The molecule has 0 saturated heterocycles. The van der Waals surface area contributed by atoms with Gasteiger partial charge >= 0.3 is 0 Å². The number of hydrogen-bond donors (Lipinski definition) is 3. The van der Waals surface area contributed by atoms with Gasteiger partial charge in [-0.2, -0.15) is 5.10 Å². The van der Waals surface area contributed by atoms with E-state index in [2.05, 4.69) is 31.2 Å². The summed E-state index contributed by atoms with van der Waals surface area (Å²) in [5.74, 6) is -3.29. The number of carbonyl (C=O) groups is 2. The van der Waals surface area contributed by atoms with Gasteiger partial charge in [0, 0.05) is 49.3 Å². The average molecular weight is 581 g/mol. The molecule has 40 heavy (non-hydrogen) atoms. The maximum Gasteiger partial charge on any atom is 0.282 e. The van der Waals surface area contributed by atoms with E-state index in [-0.39, 0.29) is 17.6 Å². The number of alkyl halides is 4. The van der Waals surface area contributed by atoms with Crippen LogP contribution in [0.1, 0.15) is 71.1 Å². The van der Waals surface area contributed by atoms with Gasteiger partial charge in [-0.15, -0.1) is 21.5 Å². The Labute approximate surface area is 230 Å². The maximum atomic E-state index is 13.4. The molecule has 3 aliphatic carbocycles. The third-order valence-corrected chi connectivity index (χ3v) is 8.94. The van der Waals surface area contributed by atoms with Crippen molar-refractivity contribution in [2.45, 2.75) is 63.3 Å². The van der Waals surface area contributed by atoms with Gasteiger partial charge < -0.3 is 16.0 Å². The number of nitrogens with zero attached hydrogens (tertiary/aromatic N) is 5. The first-order chi connectivity index (χ1) is 19.1. The first-order valence-corrected chi connectivity index (χ1v) is 14.0. The first kappa shape index (κ1) is 26.7. The summed E-state index contributed by atoms with van der Waals surface area (Å²) in [6, 6.07) is 1.09. The van der Waals surface area contributed by atoms with Crippen molar-refractivity contribution in [1.29, 1.82) is 0 Å². The van der Waals surface area contributed by atoms with Crippen LogP contribution in [0.2, 0.25) is 0 Å². The quantitative estimate of drug-likeness (QED) is 0.318. The standard InChI is InChI=1S/C25H28F4N8O2S/c1-36-18(7-16(35-36)20(26)27)32-24-34-31-11-37(24)14-4-5-17-15(6-14)19(22(39)30-10-12-2-3-12)23(40-17)33-21(38)13-8-25(28,29)9-13/h7,11-14,20H,2-6,8-10H2,1H3,(H,30,39)(H,32,34)(H,33,38). The zero-order chi connectivity index (χ0) is 28.2. The summed E-state index contributed by atoms with van der Waals surface area (Å²) in [6.07, 6.45) is 1.70. The van der Waals surface area contributed by atoms with Crippen LogP contribution in [-0.4, -0.2) is 48.8 Å². The highest BCUT2D eigenvalue weighted by molar-refractivity contribution is 7.17. The van der Waals surface area contributed by atoms with Crippen LogP contribution >= 0.6 is 11.3 Å². The number of amides is 2. The maximum absolute atomic E-state index is 13.4. The Morgan fingerprint density at radius 1 is 1.23 bits per heavy atom. The number of aryl methyl sites for hydroxylation is 2. The number of fused-ring (bicyclic) bond motifs is 1. The summed E-state index contributed by atoms with van der Waals surface area (Å²) in [6.45, 7) is 0.542. The van der Waals surface area contributed by atoms with E-state index in [9.17, 15) is 27.2 Å². The Balaban J connectivity index is 1.24. The summed E-state index contributed by atoms with van der Waals surface area (Å²) >= 11 is 1.31. The number of aromatic nitrogens is 5. The second kappa shape index (κ2) is 10.2. The van der Waals surface area contributed by atoms with E-state index in [4.69, 9.17) is 0 Å². The lowest BCUT2D eigenvalue weighted by molar-refractivity contribution is -0.145. The van der Waals surface area contributed by atoms with Crippen molar-refractivity contribution < 1.29 is 27.2 Å². The minimum atomic E-state index is -2.82. The van der Waals surface area contributed by atoms with E-state index in [0.717, 1.165) is 23.3 Å². The van der Waals surface area contributed by atoms with Gasteiger partial charge in [0.2, 0.25) is 17.8 Å². The number of nitrogens with one attached hydrogen (secondary N) is 3. The fourth-order valence-corrected chi connectivity index (χ4v) is 6.51. The van der Waals surface area contributed by atoms with Gasteiger partial charge in [0.1, 0.15) is 22.8 Å². The van der Waals surface area contributed by atoms with Gasteiger partial charge in [0.15, 0.2) is 0 Å². The van der Waals surface area contributed by atoms with Gasteiger partial charge in [-0.05, 0) is 43.6 Å². The van der Waals surface area contributed by atoms with Crippen molar-refractivity contribution in [3.63, 3.8) is 0 Å². The van der Waals surface area contributed by atoms with Crippen molar-refractivity contribution >= 4 is 39.9 Å². The molecule has 3 aromatic rings. The third kappa shape index (κ3) is 5.30. The smallest absolute Gasteiger partial charge is 0.282 e. The Morgan fingerprint density at radius 3 is 2.67 bits per heavy atom. The topological polar surface area (TPSA) is 119 Å². The minimum Gasteiger partial charge on any atom is -0.352 e. The number of hydrogen-bond acceptors (Lipinski definition) is 7. The van der Waals surface area contributed by atoms with E-state index in [0.29, 0.717) is 54.1 Å². The molecule has 10 nitrogen and oxygen atoms in total. The normalized spacial score (nSPS) is 20.2. The Hall–Kier alpha value is -3.49. The van der Waals surface area contributed by atoms with Crippen LogP contribution in [0.3, 0.4) is 0 Å². The van der Waals surface area contributed by atoms with E-state index in [1.54, 1.807) is 17.9 Å². The van der Waals surface area contributed by atoms with Crippen molar-refractivity contribution in [3.05, 3.63) is 34.1 Å². The molecule has 2 amide bonds. The fourth-order valence-electron chi connectivity index (χ4n) is 5.27. The summed E-state index contributed by atoms with van der Waals surface area (Å²) in [7, 11) is 1.54. The van der Waals surface area contributed by atoms with Crippen molar-refractivity contribution in [1.82, 2.24) is 29.9 Å². The molecule has 0 bridgehead atoms. The minimum absolute atomic E-state index is 0.161. The largest absolute Gasteiger partial charge is 0.352 e. The number of halogens is 4. The van der Waals surface area contributed by atoms with Crippen LogP contribution in [0.4, 0.5) is 34.3 Å². The van der Waals surface area contributed by atoms with E-state index in [1.807, 2.05) is 0 Å². The monoisotopic (exact) mass is 580 g/mol. The van der Waals surface area contributed by atoms with Crippen LogP contribution in [0.25, 0.3) is 0 Å². The number of rotatable bonds is 9. The zero-order valence-corrected chi connectivity index (χ0v) is 22.4. The van der Waals surface area contributed by atoms with E-state index in [1.165, 1.54) is 22.1 Å². The Bertz CT molecular complexity index is 1440. The number of thiophene rings is 1. The van der Waals surface area contributed by atoms with Crippen LogP contribution in [-0.2, 0) is 24.7 Å². The molecule has 214 valence electrons. The molecule has 0 radical (unpaired) electrons. The second-order valence-electron chi connectivity index (χ2n) is 10.8. The molecule has 0 aromatic carbocycles. The molecule has 3 N–H and O–H groups in total. The lowest BCUT2D eigenvalue weighted by Crippen LogP contribution is -2.42. The highest BCUT2D eigenvalue weighted by atomic mass is 32.1. The number of anilines is 3. The van der Waals surface area contributed by atoms with Crippen LogP contribution in [0.15, 0.2) is 12.4 Å². The van der Waals surface area contributed by atoms with E-state index < -0.39 is 37.0 Å². The highest BCUT2D eigenvalue weighted by Gasteiger charge is 2.49. The first-order valence-electron chi connectivity index (χ1n) is 13.2. The zero-order valence-electron chi connectivity index (χ0n) is 21.6. The molecule has 2 saturated carbocycles. The highest BCUT2D eigenvalue weighted by Crippen LogP contribution is 2.45. The molecule has 15 heteroatoms. The fraction of sp³-hybridized carbons (Fsp3) is 0.560. The summed E-state index contributed by atoms with van der Waals surface area (Å²) in [4.78, 5) is 27.1. The Morgan fingerprint density at radius 2 is 2.00 bits per heavy atom. The van der Waals surface area contributed by atoms with Crippen LogP contribution in [0.5, 0.6) is 0 Å². The lowest BCUT2D eigenvalue weighted by atomic mass is 9.81. The van der Waals surface area contributed by atoms with Crippen molar-refractivity contribution in [2.24, 2.45) is 18.9 Å². The molecule has 0 spiro atoms. The molecule has 6 rings (SSSR count). The SMILES string of the molecule is Cn1nc(C(F)F)cc1Nc1nncn1C1CCc2sc(NC(=O)C3CC(F)(F)C3)c(C(=O)NCC3CC3)c2C1. The van der Waals surface area contributed by atoms with Crippen LogP contribution in [0, 0.1) is 11.8 Å². The van der Waals surface area contributed by atoms with Gasteiger partial charge in [-0.1, -0.05) is 0 Å². The summed E-state index contributed by atoms with van der Waals surface area (Å²) < 4.78 is 56.1. The summed E-state index contributed by atoms with van der Waals surface area (Å²) in [5.41, 5.74) is 0.809. The molecule has 2 fully saturated rings. The van der Waals surface area contributed by atoms with Gasteiger partial charge in [0.05, 0.1) is 5.56 Å². The summed E-state index contributed by atoms with van der Waals surface area (Å²) in [5, 5.41) is 21.1. The molecular weight excluding hydrogens is 552 g/mol. The third-order valence-electron chi connectivity index (χ3n) is 7.74. The van der Waals surface area contributed by atoms with E-state index >= 15 is 0 Å². The second-order valence-corrected chi connectivity index (χ2v) is 11.9. The molecule has 3 aromatic heterocycles. The molecule has 0 aliphatic heterocycles. The average Bonchev–Trinajstić information content (AvgIpc) is 3.30. The van der Waals surface area contributed by atoms with Crippen molar-refractivity contribution in [2.75, 3.05) is 17.2 Å².